The molecule has 4 aromatic carbocycles. The number of piperidine rings is 2. The minimum absolute atomic E-state index is 0.218. The van der Waals surface area contributed by atoms with Gasteiger partial charge in [-0.2, -0.15) is 0 Å². The van der Waals surface area contributed by atoms with Crippen molar-refractivity contribution in [3.63, 3.8) is 0 Å². The summed E-state index contributed by atoms with van der Waals surface area (Å²) in [5.74, 6) is 1.24. The van der Waals surface area contributed by atoms with Crippen molar-refractivity contribution in [2.24, 2.45) is 5.92 Å². The van der Waals surface area contributed by atoms with Crippen LogP contribution in [0.25, 0.3) is 0 Å². The maximum Gasteiger partial charge on any atom is 0.262 e. The molecule has 9 nitrogen and oxygen atoms in total. The summed E-state index contributed by atoms with van der Waals surface area (Å²) >= 11 is 0. The van der Waals surface area contributed by atoms with E-state index >= 15 is 0 Å². The first-order chi connectivity index (χ1) is 26.3. The second-order valence-corrected chi connectivity index (χ2v) is 15.2. The summed E-state index contributed by atoms with van der Waals surface area (Å²) in [4.78, 5) is 42.4. The fraction of sp³-hybridized carbons (Fsp3) is 0.356. The SMILES string of the molecule is C=C1CCC(N2C(=O)c3ccc(NCCC4CCN(CCOc5ccc([C@H]6c7ccc(O)cc7CC[C@H]6c6ccccc6)cc5)CC4)cc3C2=O)C(=O)N1. The number of hydrogen-bond donors (Lipinski definition) is 3. The van der Waals surface area contributed by atoms with E-state index in [4.69, 9.17) is 4.74 Å². The number of fused-ring (bicyclic) bond motifs is 2. The zero-order valence-electron chi connectivity index (χ0n) is 30.6. The predicted molar refractivity (Wildman–Crippen MR) is 209 cm³/mol. The minimum Gasteiger partial charge on any atom is -0.508 e. The number of amides is 3. The van der Waals surface area contributed by atoms with E-state index in [0.29, 0.717) is 53.9 Å². The summed E-state index contributed by atoms with van der Waals surface area (Å²) < 4.78 is 6.23. The van der Waals surface area contributed by atoms with Crippen LogP contribution in [0.15, 0.2) is 103 Å². The number of benzene rings is 4. The lowest BCUT2D eigenvalue weighted by molar-refractivity contribution is -0.125. The van der Waals surface area contributed by atoms with Crippen LogP contribution in [-0.2, 0) is 11.2 Å². The number of aryl methyl sites for hydroxylation is 1. The molecule has 3 heterocycles. The molecule has 8 rings (SSSR count). The number of phenolic OH excluding ortho intramolecular Hbond substituents is 1. The second-order valence-electron chi connectivity index (χ2n) is 15.2. The molecule has 278 valence electrons. The van der Waals surface area contributed by atoms with Crippen molar-refractivity contribution in [1.82, 2.24) is 15.1 Å². The molecule has 1 aliphatic carbocycles. The van der Waals surface area contributed by atoms with Gasteiger partial charge < -0.3 is 20.5 Å². The molecule has 2 fully saturated rings. The summed E-state index contributed by atoms with van der Waals surface area (Å²) in [7, 11) is 0. The topological polar surface area (TPSA) is 111 Å². The third-order valence-corrected chi connectivity index (χ3v) is 11.9. The largest absolute Gasteiger partial charge is 0.508 e. The average Bonchev–Trinajstić information content (AvgIpc) is 3.43. The molecule has 0 bridgehead atoms. The molecule has 0 aromatic heterocycles. The average molecular weight is 725 g/mol. The summed E-state index contributed by atoms with van der Waals surface area (Å²) in [6.45, 7) is 8.18. The van der Waals surface area contributed by atoms with E-state index in [1.54, 1.807) is 12.1 Å². The van der Waals surface area contributed by atoms with Crippen LogP contribution < -0.4 is 15.4 Å². The monoisotopic (exact) mass is 724 g/mol. The number of rotatable bonds is 11. The highest BCUT2D eigenvalue weighted by Gasteiger charge is 2.44. The number of allylic oxidation sites excluding steroid dienone is 1. The van der Waals surface area contributed by atoms with E-state index < -0.39 is 17.9 Å². The Labute approximate surface area is 317 Å². The fourth-order valence-corrected chi connectivity index (χ4v) is 8.92. The number of nitrogens with zero attached hydrogens (tertiary/aromatic N) is 2. The van der Waals surface area contributed by atoms with Gasteiger partial charge in [0.1, 0.15) is 24.1 Å². The molecule has 3 atom stereocenters. The van der Waals surface area contributed by atoms with Gasteiger partial charge in [-0.3, -0.25) is 24.2 Å². The zero-order chi connectivity index (χ0) is 37.2. The Morgan fingerprint density at radius 2 is 1.59 bits per heavy atom. The Morgan fingerprint density at radius 1 is 0.815 bits per heavy atom. The number of ether oxygens (including phenoxy) is 1. The van der Waals surface area contributed by atoms with Crippen LogP contribution in [0.1, 0.15) is 93.3 Å². The maximum atomic E-state index is 13.2. The van der Waals surface area contributed by atoms with Gasteiger partial charge in [0.15, 0.2) is 0 Å². The third-order valence-electron chi connectivity index (χ3n) is 11.9. The summed E-state index contributed by atoms with van der Waals surface area (Å²) in [5, 5.41) is 16.3. The quantitative estimate of drug-likeness (QED) is 0.140. The number of anilines is 1. The first-order valence-electron chi connectivity index (χ1n) is 19.4. The van der Waals surface area contributed by atoms with Crippen LogP contribution in [0.3, 0.4) is 0 Å². The van der Waals surface area contributed by atoms with Gasteiger partial charge in [-0.1, -0.05) is 55.1 Å². The van der Waals surface area contributed by atoms with E-state index in [2.05, 4.69) is 82.8 Å². The maximum absolute atomic E-state index is 13.2. The van der Waals surface area contributed by atoms with E-state index in [1.165, 1.54) is 22.3 Å². The second kappa shape index (κ2) is 15.5. The first-order valence-corrected chi connectivity index (χ1v) is 19.4. The number of carbonyl (C=O) groups excluding carboxylic acids is 3. The first kappa shape index (κ1) is 35.6. The number of carbonyl (C=O) groups is 3. The number of likely N-dealkylation sites (tertiary alicyclic amines) is 1. The van der Waals surface area contributed by atoms with E-state index in [0.717, 1.165) is 74.6 Å². The number of hydrogen-bond acceptors (Lipinski definition) is 7. The molecule has 4 aromatic rings. The van der Waals surface area contributed by atoms with E-state index in [1.807, 2.05) is 18.2 Å². The van der Waals surface area contributed by atoms with Gasteiger partial charge in [0, 0.05) is 30.4 Å². The molecular weight excluding hydrogens is 677 g/mol. The molecule has 3 N–H and O–H groups in total. The lowest BCUT2D eigenvalue weighted by atomic mass is 9.69. The van der Waals surface area contributed by atoms with Gasteiger partial charge in [0.25, 0.3) is 11.8 Å². The molecule has 0 spiro atoms. The molecule has 4 aliphatic rings. The van der Waals surface area contributed by atoms with Gasteiger partial charge in [-0.05, 0) is 135 Å². The molecule has 2 saturated heterocycles. The molecule has 54 heavy (non-hydrogen) atoms. The lowest BCUT2D eigenvalue weighted by Gasteiger charge is -2.35. The highest BCUT2D eigenvalue weighted by molar-refractivity contribution is 6.23. The summed E-state index contributed by atoms with van der Waals surface area (Å²) in [6.07, 6.45) is 6.21. The standard InChI is InChI=1S/C45H48N4O5/c1-29-7-18-41(43(51)47-29)49-44(52)39-16-11-34(28-40(39)45(49)53)46-22-19-30-20-23-48(24-21-30)25-26-54-36-13-8-32(9-14-36)42-37(31-5-3-2-4-6-31)15-10-33-27-35(50)12-17-38(33)42/h2-6,8-9,11-14,16-17,27-28,30,37,41-42,46,50H,1,7,10,15,18-26H2,(H,47,51)/t37-,41?,42+/m0/s1. The van der Waals surface area contributed by atoms with Gasteiger partial charge in [0.2, 0.25) is 5.91 Å². The van der Waals surface area contributed by atoms with E-state index in [-0.39, 0.29) is 11.8 Å². The highest BCUT2D eigenvalue weighted by Crippen LogP contribution is 2.47. The number of nitrogens with one attached hydrogen (secondary N) is 2. The zero-order valence-corrected chi connectivity index (χ0v) is 30.6. The van der Waals surface area contributed by atoms with Crippen molar-refractivity contribution in [2.75, 3.05) is 38.1 Å². The van der Waals surface area contributed by atoms with Gasteiger partial charge in [-0.25, -0.2) is 0 Å². The van der Waals surface area contributed by atoms with Crippen LogP contribution in [0.4, 0.5) is 5.69 Å². The van der Waals surface area contributed by atoms with Crippen molar-refractivity contribution in [2.45, 2.75) is 62.8 Å². The normalized spacial score (nSPS) is 21.8. The predicted octanol–water partition coefficient (Wildman–Crippen LogP) is 7.24. The van der Waals surface area contributed by atoms with Crippen molar-refractivity contribution in [3.05, 3.63) is 137 Å². The van der Waals surface area contributed by atoms with Crippen LogP contribution >= 0.6 is 0 Å². The van der Waals surface area contributed by atoms with Crippen molar-refractivity contribution in [1.29, 1.82) is 0 Å². The number of imide groups is 1. The van der Waals surface area contributed by atoms with Crippen molar-refractivity contribution in [3.8, 4) is 11.5 Å². The molecule has 3 amide bonds. The van der Waals surface area contributed by atoms with Gasteiger partial charge in [0.05, 0.1) is 11.1 Å². The Morgan fingerprint density at radius 3 is 2.37 bits per heavy atom. The van der Waals surface area contributed by atoms with Crippen LogP contribution in [-0.4, -0.2) is 71.5 Å². The molecule has 3 aliphatic heterocycles. The molecule has 9 heteroatoms. The molecular formula is C45H48N4O5. The lowest BCUT2D eigenvalue weighted by Crippen LogP contribution is -2.51. The molecule has 0 saturated carbocycles. The smallest absolute Gasteiger partial charge is 0.262 e. The van der Waals surface area contributed by atoms with Crippen molar-refractivity contribution >= 4 is 23.4 Å². The van der Waals surface area contributed by atoms with Crippen LogP contribution in [0, 0.1) is 5.92 Å². The van der Waals surface area contributed by atoms with Gasteiger partial charge in [-0.15, -0.1) is 0 Å². The third kappa shape index (κ3) is 7.37. The Balaban J connectivity index is 0.787. The molecule has 1 unspecified atom stereocenters. The fourth-order valence-electron chi connectivity index (χ4n) is 8.92. The van der Waals surface area contributed by atoms with Crippen molar-refractivity contribution < 1.29 is 24.2 Å². The molecule has 0 radical (unpaired) electrons. The Kier molecular flexibility index (Phi) is 10.2. The Hall–Kier alpha value is -5.41. The van der Waals surface area contributed by atoms with E-state index in [9.17, 15) is 19.5 Å². The number of aromatic hydroxyl groups is 1. The van der Waals surface area contributed by atoms with Crippen LogP contribution in [0.5, 0.6) is 11.5 Å². The summed E-state index contributed by atoms with van der Waals surface area (Å²) in [6, 6.07) is 29.7. The van der Waals surface area contributed by atoms with Crippen LogP contribution in [0.2, 0.25) is 0 Å². The van der Waals surface area contributed by atoms with Gasteiger partial charge >= 0.3 is 0 Å². The highest BCUT2D eigenvalue weighted by atomic mass is 16.5. The Bertz CT molecular complexity index is 2040. The number of phenols is 1. The summed E-state index contributed by atoms with van der Waals surface area (Å²) in [5.41, 5.74) is 7.26. The minimum atomic E-state index is -0.805.